The molecule has 1 aliphatic carbocycles. The minimum Gasteiger partial charge on any atom is -0.448 e. The lowest BCUT2D eigenvalue weighted by molar-refractivity contribution is -0.121. The summed E-state index contributed by atoms with van der Waals surface area (Å²) in [5, 5.41) is 4.94. The SMILES string of the molecule is O=C(Nc1ccc2c(c1)OC1(CCCCC1)O2)C1CCN(C(=O)c2cccs2)CC1. The van der Waals surface area contributed by atoms with Crippen LogP contribution in [0.4, 0.5) is 5.69 Å². The summed E-state index contributed by atoms with van der Waals surface area (Å²) in [6, 6.07) is 9.36. The van der Waals surface area contributed by atoms with Gasteiger partial charge >= 0.3 is 0 Å². The van der Waals surface area contributed by atoms with Crippen molar-refractivity contribution in [1.29, 1.82) is 0 Å². The van der Waals surface area contributed by atoms with E-state index < -0.39 is 5.79 Å². The van der Waals surface area contributed by atoms with E-state index in [0.29, 0.717) is 31.7 Å². The highest BCUT2D eigenvalue weighted by molar-refractivity contribution is 7.12. The third kappa shape index (κ3) is 3.78. The zero-order valence-corrected chi connectivity index (χ0v) is 17.7. The van der Waals surface area contributed by atoms with E-state index in [-0.39, 0.29) is 17.7 Å². The molecule has 2 fully saturated rings. The first-order valence-electron chi connectivity index (χ1n) is 10.8. The van der Waals surface area contributed by atoms with Crippen molar-refractivity contribution in [3.05, 3.63) is 40.6 Å². The summed E-state index contributed by atoms with van der Waals surface area (Å²) >= 11 is 1.46. The summed E-state index contributed by atoms with van der Waals surface area (Å²) in [5.41, 5.74) is 0.729. The summed E-state index contributed by atoms with van der Waals surface area (Å²) in [6.45, 7) is 1.22. The van der Waals surface area contributed by atoms with Gasteiger partial charge in [0, 0.05) is 43.6 Å². The highest BCUT2D eigenvalue weighted by Gasteiger charge is 2.42. The lowest BCUT2D eigenvalue weighted by atomic mass is 9.94. The number of likely N-dealkylation sites (tertiary alicyclic amines) is 1. The summed E-state index contributed by atoms with van der Waals surface area (Å²) in [6.07, 6.45) is 6.63. The molecule has 2 aromatic rings. The number of anilines is 1. The Bertz CT molecular complexity index is 929. The van der Waals surface area contributed by atoms with Crippen LogP contribution in [0.5, 0.6) is 11.5 Å². The molecule has 1 aromatic carbocycles. The van der Waals surface area contributed by atoms with Gasteiger partial charge in [-0.05, 0) is 49.3 Å². The molecule has 2 amide bonds. The Kier molecular flexibility index (Phi) is 5.15. The van der Waals surface area contributed by atoms with Gasteiger partial charge < -0.3 is 19.7 Å². The highest BCUT2D eigenvalue weighted by Crippen LogP contribution is 2.46. The molecular formula is C23H26N2O4S. The van der Waals surface area contributed by atoms with E-state index in [9.17, 15) is 9.59 Å². The van der Waals surface area contributed by atoms with E-state index in [1.54, 1.807) is 0 Å². The van der Waals surface area contributed by atoms with Gasteiger partial charge in [-0.2, -0.15) is 0 Å². The van der Waals surface area contributed by atoms with Gasteiger partial charge in [-0.25, -0.2) is 0 Å². The number of ether oxygens (including phenoxy) is 2. The van der Waals surface area contributed by atoms with Gasteiger partial charge in [0.2, 0.25) is 5.91 Å². The molecule has 0 radical (unpaired) electrons. The molecule has 3 aliphatic rings. The number of nitrogens with zero attached hydrogens (tertiary/aromatic N) is 1. The van der Waals surface area contributed by atoms with Crippen molar-refractivity contribution >= 4 is 28.8 Å². The molecule has 2 aliphatic heterocycles. The van der Waals surface area contributed by atoms with Crippen LogP contribution in [-0.2, 0) is 4.79 Å². The predicted molar refractivity (Wildman–Crippen MR) is 115 cm³/mol. The van der Waals surface area contributed by atoms with E-state index in [1.165, 1.54) is 17.8 Å². The second-order valence-electron chi connectivity index (χ2n) is 8.37. The van der Waals surface area contributed by atoms with Crippen LogP contribution >= 0.6 is 11.3 Å². The zero-order valence-electron chi connectivity index (χ0n) is 16.9. The van der Waals surface area contributed by atoms with Crippen LogP contribution in [-0.4, -0.2) is 35.6 Å². The molecule has 0 bridgehead atoms. The normalized spacial score (nSPS) is 20.3. The third-order valence-corrected chi connectivity index (χ3v) is 7.16. The molecule has 1 aromatic heterocycles. The molecule has 6 nitrogen and oxygen atoms in total. The summed E-state index contributed by atoms with van der Waals surface area (Å²) < 4.78 is 12.3. The van der Waals surface area contributed by atoms with Crippen molar-refractivity contribution in [2.45, 2.75) is 50.7 Å². The zero-order chi connectivity index (χ0) is 20.6. The van der Waals surface area contributed by atoms with Gasteiger partial charge in [-0.15, -0.1) is 11.3 Å². The molecule has 1 saturated heterocycles. The molecule has 1 spiro atoms. The van der Waals surface area contributed by atoms with Crippen LogP contribution < -0.4 is 14.8 Å². The first kappa shape index (κ1) is 19.4. The maximum atomic E-state index is 12.8. The second kappa shape index (κ2) is 7.95. The summed E-state index contributed by atoms with van der Waals surface area (Å²) in [5.74, 6) is 0.945. The van der Waals surface area contributed by atoms with Crippen molar-refractivity contribution in [2.75, 3.05) is 18.4 Å². The Balaban J connectivity index is 1.17. The maximum Gasteiger partial charge on any atom is 0.263 e. The Morgan fingerprint density at radius 1 is 1.03 bits per heavy atom. The standard InChI is InChI=1S/C23H26N2O4S/c26-21(16-8-12-25(13-9-16)22(27)20-5-4-14-30-20)24-17-6-7-18-19(15-17)29-23(28-18)10-2-1-3-11-23/h4-7,14-16H,1-3,8-13H2,(H,24,26). The number of amides is 2. The van der Waals surface area contributed by atoms with Crippen LogP contribution in [0.3, 0.4) is 0 Å². The van der Waals surface area contributed by atoms with E-state index in [2.05, 4.69) is 5.32 Å². The molecule has 0 atom stereocenters. The minimum absolute atomic E-state index is 0.00414. The van der Waals surface area contributed by atoms with Gasteiger partial charge in [-0.1, -0.05) is 12.5 Å². The average molecular weight is 427 g/mol. The molecule has 30 heavy (non-hydrogen) atoms. The van der Waals surface area contributed by atoms with Crippen LogP contribution in [0, 0.1) is 5.92 Å². The monoisotopic (exact) mass is 426 g/mol. The van der Waals surface area contributed by atoms with Gasteiger partial charge in [0.1, 0.15) is 0 Å². The van der Waals surface area contributed by atoms with Crippen molar-refractivity contribution < 1.29 is 19.1 Å². The van der Waals surface area contributed by atoms with E-state index >= 15 is 0 Å². The first-order valence-corrected chi connectivity index (χ1v) is 11.7. The van der Waals surface area contributed by atoms with Crippen molar-refractivity contribution in [2.24, 2.45) is 5.92 Å². The number of hydrogen-bond acceptors (Lipinski definition) is 5. The van der Waals surface area contributed by atoms with Gasteiger partial charge in [0.15, 0.2) is 11.5 Å². The van der Waals surface area contributed by atoms with Gasteiger partial charge in [0.05, 0.1) is 4.88 Å². The topological polar surface area (TPSA) is 67.9 Å². The van der Waals surface area contributed by atoms with Crippen LogP contribution in [0.25, 0.3) is 0 Å². The lowest BCUT2D eigenvalue weighted by Gasteiger charge is -2.31. The van der Waals surface area contributed by atoms with Gasteiger partial charge in [-0.3, -0.25) is 9.59 Å². The molecule has 158 valence electrons. The predicted octanol–water partition coefficient (Wildman–Crippen LogP) is 4.67. The number of nitrogens with one attached hydrogen (secondary N) is 1. The van der Waals surface area contributed by atoms with Crippen LogP contribution in [0.2, 0.25) is 0 Å². The smallest absolute Gasteiger partial charge is 0.263 e. The molecule has 3 heterocycles. The molecule has 7 heteroatoms. The van der Waals surface area contributed by atoms with Gasteiger partial charge in [0.25, 0.3) is 11.7 Å². The largest absolute Gasteiger partial charge is 0.448 e. The molecular weight excluding hydrogens is 400 g/mol. The fraction of sp³-hybridized carbons (Fsp3) is 0.478. The molecule has 1 N–H and O–H groups in total. The first-order chi connectivity index (χ1) is 14.6. The Hall–Kier alpha value is -2.54. The molecule has 5 rings (SSSR count). The number of benzene rings is 1. The average Bonchev–Trinajstić information content (AvgIpc) is 3.41. The Morgan fingerprint density at radius 3 is 2.53 bits per heavy atom. The van der Waals surface area contributed by atoms with Crippen molar-refractivity contribution in [1.82, 2.24) is 4.90 Å². The summed E-state index contributed by atoms with van der Waals surface area (Å²) in [4.78, 5) is 27.9. The quantitative estimate of drug-likeness (QED) is 0.774. The number of thiophene rings is 1. The molecule has 1 saturated carbocycles. The second-order valence-corrected chi connectivity index (χ2v) is 9.32. The number of hydrogen-bond donors (Lipinski definition) is 1. The van der Waals surface area contributed by atoms with E-state index in [4.69, 9.17) is 9.47 Å². The fourth-order valence-electron chi connectivity index (χ4n) is 4.61. The van der Waals surface area contributed by atoms with Crippen LogP contribution in [0.15, 0.2) is 35.7 Å². The highest BCUT2D eigenvalue weighted by atomic mass is 32.1. The van der Waals surface area contributed by atoms with E-state index in [0.717, 1.165) is 42.0 Å². The maximum absolute atomic E-state index is 12.8. The third-order valence-electron chi connectivity index (χ3n) is 6.30. The van der Waals surface area contributed by atoms with E-state index in [1.807, 2.05) is 40.6 Å². The number of piperidine rings is 1. The molecule has 0 unspecified atom stereocenters. The number of carbonyl (C=O) groups excluding carboxylic acids is 2. The number of rotatable bonds is 3. The minimum atomic E-state index is -0.509. The fourth-order valence-corrected chi connectivity index (χ4v) is 5.30. The number of fused-ring (bicyclic) bond motifs is 1. The van der Waals surface area contributed by atoms with Crippen molar-refractivity contribution in [3.63, 3.8) is 0 Å². The van der Waals surface area contributed by atoms with Crippen molar-refractivity contribution in [3.8, 4) is 11.5 Å². The number of carbonyl (C=O) groups is 2. The lowest BCUT2D eigenvalue weighted by Crippen LogP contribution is -2.41. The van der Waals surface area contributed by atoms with Crippen LogP contribution in [0.1, 0.15) is 54.6 Å². The summed E-state index contributed by atoms with van der Waals surface area (Å²) in [7, 11) is 0. The Morgan fingerprint density at radius 2 is 1.80 bits per heavy atom. The Labute approximate surface area is 180 Å².